The number of carbonyl (C=O) groups excluding carboxylic acids is 1. The van der Waals surface area contributed by atoms with E-state index in [1.807, 2.05) is 37.3 Å². The average molecular weight is 592 g/mol. The minimum Gasteiger partial charge on any atom is -0.355 e. The van der Waals surface area contributed by atoms with Crippen LogP contribution in [0.2, 0.25) is 0 Å². The van der Waals surface area contributed by atoms with Crippen LogP contribution in [0.1, 0.15) is 34.5 Å². The van der Waals surface area contributed by atoms with E-state index in [9.17, 15) is 13.2 Å². The number of halogens is 1. The van der Waals surface area contributed by atoms with Crippen LogP contribution in [0.15, 0.2) is 65.7 Å². The summed E-state index contributed by atoms with van der Waals surface area (Å²) in [6.45, 7) is 2.40. The van der Waals surface area contributed by atoms with Crippen LogP contribution < -0.4 is 15.5 Å². The zero-order chi connectivity index (χ0) is 24.1. The lowest BCUT2D eigenvalue weighted by molar-refractivity contribution is 0.0271. The molecule has 1 fully saturated rings. The fourth-order valence-electron chi connectivity index (χ4n) is 3.21. The molecule has 2 aromatic carbocycles. The highest BCUT2D eigenvalue weighted by molar-refractivity contribution is 14.1. The van der Waals surface area contributed by atoms with Crippen LogP contribution in [0, 0.1) is 16.4 Å². The molecule has 3 aromatic rings. The molecule has 1 saturated carbocycles. The van der Waals surface area contributed by atoms with Crippen molar-refractivity contribution in [2.75, 3.05) is 11.9 Å². The van der Waals surface area contributed by atoms with Crippen molar-refractivity contribution < 1.29 is 18.0 Å². The number of hydroxylamine groups is 1. The molecule has 3 N–H and O–H groups in total. The van der Waals surface area contributed by atoms with E-state index in [4.69, 9.17) is 4.84 Å². The van der Waals surface area contributed by atoms with Gasteiger partial charge in [0.25, 0.3) is 5.91 Å². The van der Waals surface area contributed by atoms with Crippen LogP contribution in [-0.4, -0.2) is 25.9 Å². The molecule has 10 heteroatoms. The number of pyridine rings is 1. The minimum atomic E-state index is -3.84. The number of nitrogens with zero attached hydrogens (tertiary/aromatic N) is 1. The molecule has 0 aliphatic heterocycles. The Morgan fingerprint density at radius 2 is 1.91 bits per heavy atom. The van der Waals surface area contributed by atoms with Gasteiger partial charge in [-0.15, -0.1) is 0 Å². The summed E-state index contributed by atoms with van der Waals surface area (Å²) in [4.78, 5) is 22.3. The van der Waals surface area contributed by atoms with Gasteiger partial charge in [0, 0.05) is 27.7 Å². The largest absolute Gasteiger partial charge is 0.355 e. The minimum absolute atomic E-state index is 0.0394. The molecule has 34 heavy (non-hydrogen) atoms. The molecular formula is C24H25IN4O4S. The number of nitrogens with one attached hydrogen (secondary N) is 3. The average Bonchev–Trinajstić information content (AvgIpc) is 3.64. The first-order chi connectivity index (χ1) is 16.3. The van der Waals surface area contributed by atoms with Crippen molar-refractivity contribution in [3.05, 3.63) is 81.2 Å². The Labute approximate surface area is 212 Å². The van der Waals surface area contributed by atoms with Crippen LogP contribution in [0.4, 0.5) is 11.4 Å². The van der Waals surface area contributed by atoms with Crippen LogP contribution >= 0.6 is 22.6 Å². The first-order valence-electron chi connectivity index (χ1n) is 10.8. The molecule has 8 nitrogen and oxygen atoms in total. The second-order valence-electron chi connectivity index (χ2n) is 8.10. The van der Waals surface area contributed by atoms with Crippen molar-refractivity contribution in [1.82, 2.24) is 15.2 Å². The number of sulfonamides is 1. The van der Waals surface area contributed by atoms with Gasteiger partial charge >= 0.3 is 0 Å². The summed E-state index contributed by atoms with van der Waals surface area (Å²) in [6.07, 6.45) is 3.87. The lowest BCUT2D eigenvalue weighted by Gasteiger charge is -2.15. The summed E-state index contributed by atoms with van der Waals surface area (Å²) in [7, 11) is -3.84. The Morgan fingerprint density at radius 3 is 2.62 bits per heavy atom. The lowest BCUT2D eigenvalue weighted by atomic mass is 10.1. The van der Waals surface area contributed by atoms with Crippen molar-refractivity contribution in [2.24, 2.45) is 5.92 Å². The second kappa shape index (κ2) is 10.8. The van der Waals surface area contributed by atoms with E-state index in [0.717, 1.165) is 33.4 Å². The van der Waals surface area contributed by atoms with Gasteiger partial charge in [-0.05, 0) is 102 Å². The summed E-state index contributed by atoms with van der Waals surface area (Å²) < 4.78 is 29.7. The maximum absolute atomic E-state index is 13.0. The number of aryl methyl sites for hydroxylation is 1. The quantitative estimate of drug-likeness (QED) is 0.240. The monoisotopic (exact) mass is 592 g/mol. The van der Waals surface area contributed by atoms with Gasteiger partial charge in [-0.3, -0.25) is 14.6 Å². The van der Waals surface area contributed by atoms with Gasteiger partial charge in [-0.25, -0.2) is 18.6 Å². The van der Waals surface area contributed by atoms with E-state index in [0.29, 0.717) is 18.2 Å². The molecule has 1 amide bonds. The predicted molar refractivity (Wildman–Crippen MR) is 138 cm³/mol. The first kappa shape index (κ1) is 24.6. The molecule has 0 bridgehead atoms. The topological polar surface area (TPSA) is 109 Å². The summed E-state index contributed by atoms with van der Waals surface area (Å²) in [6, 6.07) is 15.5. The van der Waals surface area contributed by atoms with Crippen LogP contribution in [0.25, 0.3) is 0 Å². The summed E-state index contributed by atoms with van der Waals surface area (Å²) >= 11 is 2.20. The van der Waals surface area contributed by atoms with Gasteiger partial charge in [-0.1, -0.05) is 6.07 Å². The second-order valence-corrected chi connectivity index (χ2v) is 11.1. The van der Waals surface area contributed by atoms with Crippen LogP contribution in [0.3, 0.4) is 0 Å². The van der Waals surface area contributed by atoms with E-state index < -0.39 is 15.9 Å². The van der Waals surface area contributed by atoms with Crippen molar-refractivity contribution in [3.8, 4) is 0 Å². The molecule has 4 rings (SSSR count). The van der Waals surface area contributed by atoms with E-state index in [2.05, 4.69) is 43.1 Å². The van der Waals surface area contributed by atoms with E-state index in [-0.39, 0.29) is 17.0 Å². The number of anilines is 2. The maximum atomic E-state index is 13.0. The molecule has 0 unspecified atom stereocenters. The van der Waals surface area contributed by atoms with Crippen molar-refractivity contribution in [3.63, 3.8) is 0 Å². The zero-order valence-electron chi connectivity index (χ0n) is 18.5. The Bertz CT molecular complexity index is 1280. The molecule has 1 aliphatic carbocycles. The summed E-state index contributed by atoms with van der Waals surface area (Å²) in [5, 5.41) is 3.17. The van der Waals surface area contributed by atoms with Gasteiger partial charge in [0.2, 0.25) is 10.0 Å². The Morgan fingerprint density at radius 1 is 1.15 bits per heavy atom. The Hall–Kier alpha value is -2.54. The molecule has 0 atom stereocenters. The normalized spacial score (nSPS) is 13.5. The van der Waals surface area contributed by atoms with Crippen molar-refractivity contribution >= 4 is 49.9 Å². The number of hydrogen-bond acceptors (Lipinski definition) is 6. The van der Waals surface area contributed by atoms with Crippen molar-refractivity contribution in [2.45, 2.75) is 31.2 Å². The zero-order valence-corrected chi connectivity index (χ0v) is 21.5. The number of hydrogen-bond donors (Lipinski definition) is 3. The highest BCUT2D eigenvalue weighted by Gasteiger charge is 2.23. The van der Waals surface area contributed by atoms with E-state index in [1.54, 1.807) is 12.3 Å². The van der Waals surface area contributed by atoms with E-state index in [1.165, 1.54) is 18.2 Å². The van der Waals surface area contributed by atoms with Gasteiger partial charge in [0.1, 0.15) is 0 Å². The van der Waals surface area contributed by atoms with Gasteiger partial charge in [0.05, 0.1) is 22.8 Å². The Kier molecular flexibility index (Phi) is 7.81. The van der Waals surface area contributed by atoms with Gasteiger partial charge in [-0.2, -0.15) is 0 Å². The Balaban J connectivity index is 1.57. The third kappa shape index (κ3) is 6.53. The standard InChI is InChI=1S/C24H25IN4O4S/c1-16-18(3-2-12-26-16)14-27-34(31,32)21-10-11-22(24(30)29-33-15-17-4-5-17)23(13-21)28-20-8-6-19(25)7-9-20/h2-3,6-13,17,27-28H,4-5,14-15H2,1H3,(H,29,30). The molecule has 0 saturated heterocycles. The van der Waals surface area contributed by atoms with Crippen molar-refractivity contribution in [1.29, 1.82) is 0 Å². The fourth-order valence-corrected chi connectivity index (χ4v) is 4.60. The predicted octanol–water partition coefficient (Wildman–Crippen LogP) is 4.29. The summed E-state index contributed by atoms with van der Waals surface area (Å²) in [5.41, 5.74) is 5.36. The smallest absolute Gasteiger partial charge is 0.276 e. The summed E-state index contributed by atoms with van der Waals surface area (Å²) in [5.74, 6) is 0.0447. The first-order valence-corrected chi connectivity index (χ1v) is 13.4. The highest BCUT2D eigenvalue weighted by Crippen LogP contribution is 2.29. The molecule has 1 heterocycles. The maximum Gasteiger partial charge on any atom is 0.276 e. The molecule has 178 valence electrons. The van der Waals surface area contributed by atoms with Crippen LogP contribution in [-0.2, 0) is 21.4 Å². The molecular weight excluding hydrogens is 567 g/mol. The molecule has 1 aromatic heterocycles. The number of aromatic nitrogens is 1. The number of rotatable bonds is 10. The lowest BCUT2D eigenvalue weighted by Crippen LogP contribution is -2.26. The molecule has 1 aliphatic rings. The number of carbonyl (C=O) groups is 1. The van der Waals surface area contributed by atoms with Crippen LogP contribution in [0.5, 0.6) is 0 Å². The van der Waals surface area contributed by atoms with Gasteiger partial charge < -0.3 is 5.32 Å². The van der Waals surface area contributed by atoms with E-state index >= 15 is 0 Å². The number of amides is 1. The third-order valence-electron chi connectivity index (χ3n) is 5.42. The number of benzene rings is 2. The molecule has 0 spiro atoms. The SMILES string of the molecule is Cc1ncccc1CNS(=O)(=O)c1ccc(C(=O)NOCC2CC2)c(Nc2ccc(I)cc2)c1. The van der Waals surface area contributed by atoms with Gasteiger partial charge in [0.15, 0.2) is 0 Å². The molecule has 0 radical (unpaired) electrons. The fraction of sp³-hybridized carbons (Fsp3) is 0.250. The third-order valence-corrected chi connectivity index (χ3v) is 7.54. The highest BCUT2D eigenvalue weighted by atomic mass is 127.